The van der Waals surface area contributed by atoms with E-state index >= 15 is 0 Å². The van der Waals surface area contributed by atoms with Gasteiger partial charge in [0.05, 0.1) is 12.7 Å². The van der Waals surface area contributed by atoms with Crippen molar-refractivity contribution in [2.75, 3.05) is 6.61 Å². The monoisotopic (exact) mass is 129 g/mol. The van der Waals surface area contributed by atoms with Crippen LogP contribution in [0.2, 0.25) is 0 Å². The quantitative estimate of drug-likeness (QED) is 0.532. The number of hydrogen-bond donors (Lipinski definition) is 0. The summed E-state index contributed by atoms with van der Waals surface area (Å²) in [5, 5.41) is 0. The van der Waals surface area contributed by atoms with E-state index in [9.17, 15) is 0 Å². The van der Waals surface area contributed by atoms with Gasteiger partial charge in [-0.3, -0.25) is 0 Å². The first-order chi connectivity index (χ1) is 4.16. The minimum Gasteiger partial charge on any atom is -0.348 e. The SMILES string of the molecule is [CH2]C1COC(C)(CC)O1. The summed E-state index contributed by atoms with van der Waals surface area (Å²) in [5.74, 6) is -0.355. The molecule has 0 aromatic rings. The zero-order valence-electron chi connectivity index (χ0n) is 6.02. The first kappa shape index (κ1) is 7.03. The van der Waals surface area contributed by atoms with Crippen LogP contribution in [-0.2, 0) is 9.47 Å². The average molecular weight is 129 g/mol. The number of ether oxygens (including phenoxy) is 2. The normalized spacial score (nSPS) is 43.7. The van der Waals surface area contributed by atoms with Crippen molar-refractivity contribution in [3.8, 4) is 0 Å². The van der Waals surface area contributed by atoms with Gasteiger partial charge in [0, 0.05) is 0 Å². The Labute approximate surface area is 56.2 Å². The Bertz CT molecular complexity index is 103. The molecule has 1 aliphatic rings. The lowest BCUT2D eigenvalue weighted by molar-refractivity contribution is -0.150. The molecule has 1 aliphatic heterocycles. The van der Waals surface area contributed by atoms with Gasteiger partial charge in [-0.1, -0.05) is 6.92 Å². The summed E-state index contributed by atoms with van der Waals surface area (Å²) >= 11 is 0. The maximum Gasteiger partial charge on any atom is 0.165 e. The van der Waals surface area contributed by atoms with E-state index in [1.54, 1.807) is 0 Å². The van der Waals surface area contributed by atoms with E-state index in [0.29, 0.717) is 6.61 Å². The smallest absolute Gasteiger partial charge is 0.165 e. The number of rotatable bonds is 1. The van der Waals surface area contributed by atoms with Gasteiger partial charge in [-0.15, -0.1) is 0 Å². The van der Waals surface area contributed by atoms with E-state index in [1.165, 1.54) is 0 Å². The molecule has 1 radical (unpaired) electrons. The molecule has 53 valence electrons. The third-order valence-electron chi connectivity index (χ3n) is 1.63. The van der Waals surface area contributed by atoms with Crippen LogP contribution in [0, 0.1) is 6.92 Å². The zero-order valence-corrected chi connectivity index (χ0v) is 6.02. The van der Waals surface area contributed by atoms with Crippen LogP contribution in [0.3, 0.4) is 0 Å². The summed E-state index contributed by atoms with van der Waals surface area (Å²) in [5.41, 5.74) is 0. The Morgan fingerprint density at radius 3 is 2.67 bits per heavy atom. The van der Waals surface area contributed by atoms with Crippen LogP contribution in [0.1, 0.15) is 20.3 Å². The molecule has 0 amide bonds. The van der Waals surface area contributed by atoms with Crippen molar-refractivity contribution in [1.82, 2.24) is 0 Å². The Morgan fingerprint density at radius 1 is 1.78 bits per heavy atom. The van der Waals surface area contributed by atoms with Crippen LogP contribution in [-0.4, -0.2) is 18.5 Å². The number of hydrogen-bond acceptors (Lipinski definition) is 2. The lowest BCUT2D eigenvalue weighted by Gasteiger charge is -2.19. The zero-order chi connectivity index (χ0) is 6.91. The van der Waals surface area contributed by atoms with Crippen molar-refractivity contribution in [3.05, 3.63) is 6.92 Å². The van der Waals surface area contributed by atoms with Crippen LogP contribution in [0.25, 0.3) is 0 Å². The van der Waals surface area contributed by atoms with Crippen molar-refractivity contribution in [2.24, 2.45) is 0 Å². The van der Waals surface area contributed by atoms with Crippen LogP contribution >= 0.6 is 0 Å². The molecule has 0 spiro atoms. The molecule has 2 unspecified atom stereocenters. The second-order valence-corrected chi connectivity index (χ2v) is 2.54. The largest absolute Gasteiger partial charge is 0.348 e. The van der Waals surface area contributed by atoms with E-state index in [0.717, 1.165) is 6.42 Å². The lowest BCUT2D eigenvalue weighted by Crippen LogP contribution is -2.24. The van der Waals surface area contributed by atoms with Crippen LogP contribution in [0.4, 0.5) is 0 Å². The van der Waals surface area contributed by atoms with Gasteiger partial charge in [-0.05, 0) is 20.3 Å². The topological polar surface area (TPSA) is 18.5 Å². The average Bonchev–Trinajstić information content (AvgIpc) is 2.13. The van der Waals surface area contributed by atoms with E-state index in [2.05, 4.69) is 6.92 Å². The van der Waals surface area contributed by atoms with Gasteiger partial charge in [0.25, 0.3) is 0 Å². The molecule has 0 bridgehead atoms. The highest BCUT2D eigenvalue weighted by Gasteiger charge is 2.32. The predicted octanol–water partition coefficient (Wildman–Crippen LogP) is 1.36. The predicted molar refractivity (Wildman–Crippen MR) is 34.9 cm³/mol. The summed E-state index contributed by atoms with van der Waals surface area (Å²) in [6.45, 7) is 8.35. The van der Waals surface area contributed by atoms with Gasteiger partial charge in [-0.2, -0.15) is 0 Å². The highest BCUT2D eigenvalue weighted by molar-refractivity contribution is 4.74. The van der Waals surface area contributed by atoms with E-state index < -0.39 is 0 Å². The second kappa shape index (κ2) is 2.27. The molecule has 9 heavy (non-hydrogen) atoms. The van der Waals surface area contributed by atoms with Crippen LogP contribution < -0.4 is 0 Å². The Kier molecular flexibility index (Phi) is 1.78. The minimum absolute atomic E-state index is 0.0231. The van der Waals surface area contributed by atoms with Crippen LogP contribution in [0.15, 0.2) is 0 Å². The maximum absolute atomic E-state index is 5.36. The molecular weight excluding hydrogens is 116 g/mol. The molecule has 1 rings (SSSR count). The molecule has 1 saturated heterocycles. The van der Waals surface area contributed by atoms with Crippen molar-refractivity contribution in [1.29, 1.82) is 0 Å². The maximum atomic E-state index is 5.36. The molecule has 0 N–H and O–H groups in total. The van der Waals surface area contributed by atoms with E-state index in [-0.39, 0.29) is 11.9 Å². The fourth-order valence-electron chi connectivity index (χ4n) is 0.875. The summed E-state index contributed by atoms with van der Waals surface area (Å²) in [6.07, 6.45) is 0.911. The summed E-state index contributed by atoms with van der Waals surface area (Å²) in [6, 6.07) is 0. The third kappa shape index (κ3) is 1.43. The summed E-state index contributed by atoms with van der Waals surface area (Å²) in [4.78, 5) is 0. The van der Waals surface area contributed by atoms with Gasteiger partial charge < -0.3 is 9.47 Å². The lowest BCUT2D eigenvalue weighted by atomic mass is 10.2. The molecule has 1 fully saturated rings. The Balaban J connectivity index is 2.45. The fraction of sp³-hybridized carbons (Fsp3) is 0.857. The van der Waals surface area contributed by atoms with Gasteiger partial charge in [0.15, 0.2) is 5.79 Å². The first-order valence-electron chi connectivity index (χ1n) is 3.31. The standard InChI is InChI=1S/C7H13O2/c1-4-7(3)8-5-6(2)9-7/h6H,2,4-5H2,1,3H3. The summed E-state index contributed by atoms with van der Waals surface area (Å²) in [7, 11) is 0. The Hall–Kier alpha value is -0.0800. The fourth-order valence-corrected chi connectivity index (χ4v) is 0.875. The van der Waals surface area contributed by atoms with Crippen molar-refractivity contribution in [2.45, 2.75) is 32.2 Å². The van der Waals surface area contributed by atoms with Crippen molar-refractivity contribution < 1.29 is 9.47 Å². The third-order valence-corrected chi connectivity index (χ3v) is 1.63. The second-order valence-electron chi connectivity index (χ2n) is 2.54. The molecule has 0 saturated carbocycles. The molecule has 0 aromatic heterocycles. The van der Waals surface area contributed by atoms with Gasteiger partial charge in [0.1, 0.15) is 0 Å². The molecule has 2 nitrogen and oxygen atoms in total. The molecular formula is C7H13O2. The van der Waals surface area contributed by atoms with Gasteiger partial charge in [0.2, 0.25) is 0 Å². The highest BCUT2D eigenvalue weighted by Crippen LogP contribution is 2.25. The highest BCUT2D eigenvalue weighted by atomic mass is 16.7. The first-order valence-corrected chi connectivity index (χ1v) is 3.31. The molecule has 2 atom stereocenters. The van der Waals surface area contributed by atoms with E-state index in [1.807, 2.05) is 13.8 Å². The molecule has 0 aromatic carbocycles. The van der Waals surface area contributed by atoms with Crippen molar-refractivity contribution in [3.63, 3.8) is 0 Å². The van der Waals surface area contributed by atoms with E-state index in [4.69, 9.17) is 9.47 Å². The minimum atomic E-state index is -0.355. The molecule has 2 heteroatoms. The van der Waals surface area contributed by atoms with Crippen LogP contribution in [0.5, 0.6) is 0 Å². The molecule has 1 heterocycles. The van der Waals surface area contributed by atoms with Gasteiger partial charge in [-0.25, -0.2) is 0 Å². The van der Waals surface area contributed by atoms with Gasteiger partial charge >= 0.3 is 0 Å². The summed E-state index contributed by atoms with van der Waals surface area (Å²) < 4.78 is 10.7. The Morgan fingerprint density at radius 2 is 2.44 bits per heavy atom. The molecule has 0 aliphatic carbocycles. The van der Waals surface area contributed by atoms with Crippen molar-refractivity contribution >= 4 is 0 Å².